The Labute approximate surface area is 125 Å². The van der Waals surface area contributed by atoms with Gasteiger partial charge in [-0.2, -0.15) is 0 Å². The maximum absolute atomic E-state index is 12.0. The summed E-state index contributed by atoms with van der Waals surface area (Å²) in [5.74, 6) is 0.237. The van der Waals surface area contributed by atoms with Crippen molar-refractivity contribution in [1.29, 1.82) is 0 Å². The fourth-order valence-corrected chi connectivity index (χ4v) is 2.58. The van der Waals surface area contributed by atoms with Crippen molar-refractivity contribution in [3.8, 4) is 5.75 Å². The van der Waals surface area contributed by atoms with Gasteiger partial charge in [-0.1, -0.05) is 11.6 Å². The second kappa shape index (κ2) is 6.69. The lowest BCUT2D eigenvalue weighted by Crippen LogP contribution is -2.12. The normalized spacial score (nSPS) is 10.3. The van der Waals surface area contributed by atoms with Crippen molar-refractivity contribution in [2.75, 3.05) is 19.0 Å². The van der Waals surface area contributed by atoms with Crippen LogP contribution in [0.15, 0.2) is 23.6 Å². The number of amides is 1. The number of carbonyl (C=O) groups is 1. The summed E-state index contributed by atoms with van der Waals surface area (Å²) in [6, 6.07) is 5.03. The Hall–Kier alpha value is -1.63. The number of ether oxygens (including phenoxy) is 1. The van der Waals surface area contributed by atoms with E-state index in [0.29, 0.717) is 35.1 Å². The number of nitrogens with two attached hydrogens (primary N) is 1. The average molecular weight is 312 g/mol. The molecule has 0 unspecified atom stereocenters. The van der Waals surface area contributed by atoms with Gasteiger partial charge in [0.25, 0.3) is 5.91 Å². The molecule has 0 saturated heterocycles. The molecular weight excluding hydrogens is 298 g/mol. The first-order valence-electron chi connectivity index (χ1n) is 5.93. The van der Waals surface area contributed by atoms with Crippen LogP contribution in [0.4, 0.5) is 5.69 Å². The Morgan fingerprint density at radius 2 is 2.35 bits per heavy atom. The summed E-state index contributed by atoms with van der Waals surface area (Å²) < 4.78 is 5.10. The zero-order valence-corrected chi connectivity index (χ0v) is 12.4. The summed E-state index contributed by atoms with van der Waals surface area (Å²) in [4.78, 5) is 16.3. The van der Waals surface area contributed by atoms with Crippen LogP contribution in [0.5, 0.6) is 5.75 Å². The number of thiazole rings is 1. The molecular formula is C13H14ClN3O2S. The van der Waals surface area contributed by atoms with Crippen molar-refractivity contribution >= 4 is 34.5 Å². The predicted octanol–water partition coefficient (Wildman–Crippen LogP) is 2.56. The van der Waals surface area contributed by atoms with E-state index < -0.39 is 0 Å². The van der Waals surface area contributed by atoms with E-state index in [1.54, 1.807) is 23.6 Å². The second-order valence-corrected chi connectivity index (χ2v) is 5.32. The van der Waals surface area contributed by atoms with Crippen molar-refractivity contribution in [2.24, 2.45) is 5.73 Å². The Morgan fingerprint density at radius 3 is 3.05 bits per heavy atom. The molecule has 3 N–H and O–H groups in total. The van der Waals surface area contributed by atoms with Gasteiger partial charge in [0.15, 0.2) is 0 Å². The SMILES string of the molecule is COc1cc(NC(=O)c2csc(CCN)n2)ccc1Cl. The smallest absolute Gasteiger partial charge is 0.275 e. The molecule has 7 heteroatoms. The molecule has 0 aliphatic carbocycles. The average Bonchev–Trinajstić information content (AvgIpc) is 2.90. The molecule has 5 nitrogen and oxygen atoms in total. The third-order valence-corrected chi connectivity index (χ3v) is 3.77. The fourth-order valence-electron chi connectivity index (χ4n) is 1.59. The summed E-state index contributed by atoms with van der Waals surface area (Å²) in [5, 5.41) is 5.81. The summed E-state index contributed by atoms with van der Waals surface area (Å²) in [6.07, 6.45) is 0.673. The molecule has 1 heterocycles. The lowest BCUT2D eigenvalue weighted by Gasteiger charge is -2.07. The highest BCUT2D eigenvalue weighted by atomic mass is 35.5. The first-order valence-corrected chi connectivity index (χ1v) is 7.19. The molecule has 0 aliphatic heterocycles. The van der Waals surface area contributed by atoms with Crippen LogP contribution in [0.2, 0.25) is 5.02 Å². The van der Waals surface area contributed by atoms with Crippen molar-refractivity contribution in [2.45, 2.75) is 6.42 Å². The predicted molar refractivity (Wildman–Crippen MR) is 80.8 cm³/mol. The number of rotatable bonds is 5. The van der Waals surface area contributed by atoms with Crippen molar-refractivity contribution in [3.05, 3.63) is 39.3 Å². The number of halogens is 1. The van der Waals surface area contributed by atoms with Crippen LogP contribution >= 0.6 is 22.9 Å². The minimum Gasteiger partial charge on any atom is -0.495 e. The number of nitrogens with zero attached hydrogens (tertiary/aromatic N) is 1. The van der Waals surface area contributed by atoms with E-state index in [1.807, 2.05) is 0 Å². The van der Waals surface area contributed by atoms with Crippen LogP contribution in [-0.2, 0) is 6.42 Å². The van der Waals surface area contributed by atoms with E-state index in [9.17, 15) is 4.79 Å². The fraction of sp³-hybridized carbons (Fsp3) is 0.231. The summed E-state index contributed by atoms with van der Waals surface area (Å²) in [6.45, 7) is 0.517. The van der Waals surface area contributed by atoms with Crippen LogP contribution in [0.25, 0.3) is 0 Å². The largest absolute Gasteiger partial charge is 0.495 e. The topological polar surface area (TPSA) is 77.2 Å². The van der Waals surface area contributed by atoms with Crippen LogP contribution < -0.4 is 15.8 Å². The molecule has 0 atom stereocenters. The van der Waals surface area contributed by atoms with Gasteiger partial charge < -0.3 is 15.8 Å². The molecule has 0 fully saturated rings. The lowest BCUT2D eigenvalue weighted by molar-refractivity contribution is 0.102. The van der Waals surface area contributed by atoms with E-state index in [0.717, 1.165) is 5.01 Å². The molecule has 1 amide bonds. The lowest BCUT2D eigenvalue weighted by atomic mass is 10.3. The van der Waals surface area contributed by atoms with Crippen LogP contribution in [0, 0.1) is 0 Å². The number of benzene rings is 1. The van der Waals surface area contributed by atoms with Gasteiger partial charge in [0.2, 0.25) is 0 Å². The maximum atomic E-state index is 12.0. The minimum absolute atomic E-state index is 0.270. The Bertz CT molecular complexity index is 615. The van der Waals surface area contributed by atoms with Gasteiger partial charge in [0.1, 0.15) is 11.4 Å². The number of carbonyl (C=O) groups excluding carboxylic acids is 1. The first kappa shape index (κ1) is 14.8. The zero-order chi connectivity index (χ0) is 14.5. The standard InChI is InChI=1S/C13H14ClN3O2S/c1-19-11-6-8(2-3-9(11)14)16-13(18)10-7-20-12(17-10)4-5-15/h2-3,6-7H,4-5,15H2,1H3,(H,16,18). The van der Waals surface area contributed by atoms with Gasteiger partial charge in [-0.3, -0.25) is 4.79 Å². The number of aromatic nitrogens is 1. The van der Waals surface area contributed by atoms with Crippen LogP contribution in [-0.4, -0.2) is 24.5 Å². The molecule has 20 heavy (non-hydrogen) atoms. The molecule has 2 rings (SSSR count). The summed E-state index contributed by atoms with van der Waals surface area (Å²) in [7, 11) is 1.52. The Kier molecular flexibility index (Phi) is 4.94. The molecule has 0 bridgehead atoms. The van der Waals surface area contributed by atoms with Gasteiger partial charge >= 0.3 is 0 Å². The molecule has 106 valence electrons. The second-order valence-electron chi connectivity index (χ2n) is 3.97. The highest BCUT2D eigenvalue weighted by Crippen LogP contribution is 2.27. The third-order valence-electron chi connectivity index (χ3n) is 2.55. The molecule has 0 saturated carbocycles. The maximum Gasteiger partial charge on any atom is 0.275 e. The quantitative estimate of drug-likeness (QED) is 0.889. The van der Waals surface area contributed by atoms with E-state index in [1.165, 1.54) is 18.4 Å². The van der Waals surface area contributed by atoms with Crippen LogP contribution in [0.1, 0.15) is 15.5 Å². The van der Waals surface area contributed by atoms with Crippen molar-refractivity contribution in [1.82, 2.24) is 4.98 Å². The minimum atomic E-state index is -0.270. The number of hydrogen-bond donors (Lipinski definition) is 2. The summed E-state index contributed by atoms with van der Waals surface area (Å²) in [5.41, 5.74) is 6.44. The molecule has 0 spiro atoms. The molecule has 2 aromatic rings. The van der Waals surface area contributed by atoms with Gasteiger partial charge in [-0.05, 0) is 18.7 Å². The van der Waals surface area contributed by atoms with E-state index >= 15 is 0 Å². The van der Waals surface area contributed by atoms with E-state index in [4.69, 9.17) is 22.1 Å². The van der Waals surface area contributed by atoms with Gasteiger partial charge in [-0.25, -0.2) is 4.98 Å². The molecule has 0 aliphatic rings. The molecule has 1 aromatic heterocycles. The highest BCUT2D eigenvalue weighted by molar-refractivity contribution is 7.09. The Morgan fingerprint density at radius 1 is 1.55 bits per heavy atom. The van der Waals surface area contributed by atoms with E-state index in [2.05, 4.69) is 10.3 Å². The molecule has 0 radical (unpaired) electrons. The first-order chi connectivity index (χ1) is 9.63. The number of anilines is 1. The number of nitrogens with one attached hydrogen (secondary N) is 1. The van der Waals surface area contributed by atoms with Gasteiger partial charge in [0, 0.05) is 23.6 Å². The number of hydrogen-bond acceptors (Lipinski definition) is 5. The monoisotopic (exact) mass is 311 g/mol. The highest BCUT2D eigenvalue weighted by Gasteiger charge is 2.11. The Balaban J connectivity index is 2.10. The zero-order valence-electron chi connectivity index (χ0n) is 10.9. The summed E-state index contributed by atoms with van der Waals surface area (Å²) >= 11 is 7.35. The van der Waals surface area contributed by atoms with Crippen LogP contribution in [0.3, 0.4) is 0 Å². The van der Waals surface area contributed by atoms with Gasteiger partial charge in [-0.15, -0.1) is 11.3 Å². The van der Waals surface area contributed by atoms with Crippen molar-refractivity contribution in [3.63, 3.8) is 0 Å². The van der Waals surface area contributed by atoms with Crippen molar-refractivity contribution < 1.29 is 9.53 Å². The third kappa shape index (κ3) is 3.47. The van der Waals surface area contributed by atoms with E-state index in [-0.39, 0.29) is 5.91 Å². The molecule has 1 aromatic carbocycles. The van der Waals surface area contributed by atoms with Gasteiger partial charge in [0.05, 0.1) is 17.1 Å². The number of methoxy groups -OCH3 is 1.